The lowest BCUT2D eigenvalue weighted by Crippen LogP contribution is -2.32. The van der Waals surface area contributed by atoms with Gasteiger partial charge in [-0.3, -0.25) is 10.1 Å². The number of fused-ring (bicyclic) bond motifs is 1. The number of benzene rings is 2. The quantitative estimate of drug-likeness (QED) is 0.303. The highest BCUT2D eigenvalue weighted by molar-refractivity contribution is 5.91. The largest absolute Gasteiger partial charge is 0.444 e. The lowest BCUT2D eigenvalue weighted by Gasteiger charge is -2.19. The second-order valence-electron chi connectivity index (χ2n) is 8.61. The van der Waals surface area contributed by atoms with Crippen molar-refractivity contribution in [1.29, 1.82) is 0 Å². The van der Waals surface area contributed by atoms with Gasteiger partial charge in [-0.2, -0.15) is 0 Å². The average molecular weight is 463 g/mol. The molecule has 0 unspecified atom stereocenters. The summed E-state index contributed by atoms with van der Waals surface area (Å²) in [5.41, 5.74) is 2.36. The van der Waals surface area contributed by atoms with E-state index >= 15 is 0 Å². The van der Waals surface area contributed by atoms with Crippen molar-refractivity contribution in [3.05, 3.63) is 76.2 Å². The number of nitrogens with one attached hydrogen (secondary N) is 2. The van der Waals surface area contributed by atoms with Crippen LogP contribution in [0.4, 0.5) is 14.9 Å². The molecule has 0 spiro atoms. The van der Waals surface area contributed by atoms with Crippen molar-refractivity contribution in [2.24, 2.45) is 0 Å². The van der Waals surface area contributed by atoms with Crippen LogP contribution in [0.3, 0.4) is 0 Å². The van der Waals surface area contributed by atoms with Gasteiger partial charge in [-0.25, -0.2) is 19.2 Å². The average Bonchev–Trinajstić information content (AvgIpc) is 3.21. The van der Waals surface area contributed by atoms with Crippen LogP contribution in [0.1, 0.15) is 26.3 Å². The third-order valence-electron chi connectivity index (χ3n) is 4.91. The Labute approximate surface area is 194 Å². The molecule has 2 aromatic heterocycles. The summed E-state index contributed by atoms with van der Waals surface area (Å²) >= 11 is 0. The number of nitro benzene ring substituents is 1. The van der Waals surface area contributed by atoms with Crippen molar-refractivity contribution in [2.75, 3.05) is 0 Å². The summed E-state index contributed by atoms with van der Waals surface area (Å²) in [4.78, 5) is 34.3. The predicted molar refractivity (Wildman–Crippen MR) is 124 cm³/mol. The maximum Gasteiger partial charge on any atom is 0.407 e. The number of pyridine rings is 1. The minimum Gasteiger partial charge on any atom is -0.444 e. The first-order chi connectivity index (χ1) is 16.1. The number of aromatic amines is 1. The Hall–Kier alpha value is -4.34. The summed E-state index contributed by atoms with van der Waals surface area (Å²) < 4.78 is 20.0. The van der Waals surface area contributed by atoms with Gasteiger partial charge < -0.3 is 15.0 Å². The van der Waals surface area contributed by atoms with E-state index in [9.17, 15) is 19.3 Å². The van der Waals surface area contributed by atoms with Gasteiger partial charge in [0, 0.05) is 41.6 Å². The number of nitro groups is 1. The van der Waals surface area contributed by atoms with Crippen molar-refractivity contribution in [2.45, 2.75) is 32.9 Å². The molecule has 2 heterocycles. The number of rotatable bonds is 5. The van der Waals surface area contributed by atoms with Crippen LogP contribution in [-0.2, 0) is 11.3 Å². The van der Waals surface area contributed by atoms with Gasteiger partial charge in [0.1, 0.15) is 17.2 Å². The lowest BCUT2D eigenvalue weighted by molar-refractivity contribution is -0.384. The maximum absolute atomic E-state index is 14.8. The molecular formula is C24H22FN5O4. The summed E-state index contributed by atoms with van der Waals surface area (Å²) in [7, 11) is 0. The Balaban J connectivity index is 1.61. The van der Waals surface area contributed by atoms with Gasteiger partial charge in [-0.05, 0) is 38.5 Å². The number of non-ortho nitro benzene ring substituents is 1. The number of ether oxygens (including phenoxy) is 1. The zero-order valence-corrected chi connectivity index (χ0v) is 18.8. The Kier molecular flexibility index (Phi) is 5.97. The molecule has 9 nitrogen and oxygen atoms in total. The Bertz CT molecular complexity index is 1390. The second kappa shape index (κ2) is 8.89. The standard InChI is InChI=1S/C24H22FN5O4/c1-24(2,3)34-23(31)27-13-16-8-7-14(12-19(16)25)18-9-10-26-22-20(18)28-21(29-22)15-5-4-6-17(11-15)30(32)33/h4-12H,13H2,1-3H3,(H,27,31)(H,26,28,29). The second-order valence-corrected chi connectivity index (χ2v) is 8.61. The first kappa shape index (κ1) is 22.8. The van der Waals surface area contributed by atoms with Crippen LogP contribution in [0.15, 0.2) is 54.7 Å². The molecule has 0 atom stereocenters. The minimum absolute atomic E-state index is 0.0201. The molecule has 174 valence electrons. The normalized spacial score (nSPS) is 11.4. The number of halogens is 1. The van der Waals surface area contributed by atoms with Crippen LogP contribution in [0.5, 0.6) is 0 Å². The highest BCUT2D eigenvalue weighted by Gasteiger charge is 2.17. The number of aromatic nitrogens is 3. The van der Waals surface area contributed by atoms with Gasteiger partial charge in [-0.1, -0.05) is 24.3 Å². The summed E-state index contributed by atoms with van der Waals surface area (Å²) in [6, 6.07) is 12.5. The number of hydrogen-bond donors (Lipinski definition) is 2. The molecule has 2 N–H and O–H groups in total. The van der Waals surface area contributed by atoms with E-state index in [0.29, 0.717) is 39.2 Å². The number of carbonyl (C=O) groups is 1. The highest BCUT2D eigenvalue weighted by atomic mass is 19.1. The van der Waals surface area contributed by atoms with Crippen LogP contribution in [-0.4, -0.2) is 31.6 Å². The van der Waals surface area contributed by atoms with E-state index in [1.807, 2.05) is 0 Å². The van der Waals surface area contributed by atoms with Crippen molar-refractivity contribution in [1.82, 2.24) is 20.3 Å². The Morgan fingerprint density at radius 2 is 1.97 bits per heavy atom. The van der Waals surface area contributed by atoms with Gasteiger partial charge in [0.25, 0.3) is 5.69 Å². The smallest absolute Gasteiger partial charge is 0.407 e. The summed E-state index contributed by atoms with van der Waals surface area (Å²) in [5.74, 6) is -0.0748. The topological polar surface area (TPSA) is 123 Å². The molecule has 0 bridgehead atoms. The lowest BCUT2D eigenvalue weighted by atomic mass is 10.0. The van der Waals surface area contributed by atoms with Gasteiger partial charge in [0.15, 0.2) is 5.65 Å². The molecule has 0 saturated heterocycles. The van der Waals surface area contributed by atoms with Crippen LogP contribution in [0.25, 0.3) is 33.7 Å². The van der Waals surface area contributed by atoms with E-state index in [0.717, 1.165) is 0 Å². The molecule has 0 fully saturated rings. The molecule has 10 heteroatoms. The number of hydrogen-bond acceptors (Lipinski definition) is 6. The first-order valence-corrected chi connectivity index (χ1v) is 10.5. The van der Waals surface area contributed by atoms with E-state index in [2.05, 4.69) is 20.3 Å². The molecule has 1 amide bonds. The minimum atomic E-state index is -0.646. The van der Waals surface area contributed by atoms with Crippen LogP contribution in [0.2, 0.25) is 0 Å². The van der Waals surface area contributed by atoms with Crippen molar-refractivity contribution < 1.29 is 18.8 Å². The molecule has 2 aromatic carbocycles. The molecule has 4 aromatic rings. The predicted octanol–water partition coefficient (Wildman–Crippen LogP) is 5.36. The summed E-state index contributed by atoms with van der Waals surface area (Å²) in [5, 5.41) is 13.6. The molecule has 0 aliphatic rings. The molecule has 4 rings (SSSR count). The van der Waals surface area contributed by atoms with E-state index in [-0.39, 0.29) is 12.2 Å². The fourth-order valence-corrected chi connectivity index (χ4v) is 3.39. The van der Waals surface area contributed by atoms with Gasteiger partial charge >= 0.3 is 6.09 Å². The highest BCUT2D eigenvalue weighted by Crippen LogP contribution is 2.30. The molecule has 0 saturated carbocycles. The SMILES string of the molecule is CC(C)(C)OC(=O)NCc1ccc(-c2ccnc3nc(-c4cccc([N+](=O)[O-])c4)[nH]c23)cc1F. The number of imidazole rings is 1. The molecule has 0 aliphatic heterocycles. The van der Waals surface area contributed by atoms with Gasteiger partial charge in [0.05, 0.1) is 10.4 Å². The number of nitrogens with zero attached hydrogens (tertiary/aromatic N) is 3. The fourth-order valence-electron chi connectivity index (χ4n) is 3.39. The van der Waals surface area contributed by atoms with Crippen molar-refractivity contribution >= 4 is 22.9 Å². The van der Waals surface area contributed by atoms with Crippen LogP contribution < -0.4 is 5.32 Å². The summed E-state index contributed by atoms with van der Waals surface area (Å²) in [6.45, 7) is 5.22. The van der Waals surface area contributed by atoms with Crippen LogP contribution >= 0.6 is 0 Å². The zero-order chi connectivity index (χ0) is 24.5. The molecular weight excluding hydrogens is 441 g/mol. The number of H-pyrrole nitrogens is 1. The van der Waals surface area contributed by atoms with E-state index in [1.165, 1.54) is 18.2 Å². The number of amides is 1. The monoisotopic (exact) mass is 463 g/mol. The molecule has 0 aliphatic carbocycles. The zero-order valence-electron chi connectivity index (χ0n) is 18.8. The number of carbonyl (C=O) groups excluding carboxylic acids is 1. The van der Waals surface area contributed by atoms with E-state index in [1.54, 1.807) is 57.3 Å². The van der Waals surface area contributed by atoms with Gasteiger partial charge in [0.2, 0.25) is 0 Å². The molecule has 0 radical (unpaired) electrons. The van der Waals surface area contributed by atoms with Gasteiger partial charge in [-0.15, -0.1) is 0 Å². The van der Waals surface area contributed by atoms with Crippen LogP contribution in [0, 0.1) is 15.9 Å². The number of alkyl carbamates (subject to hydrolysis) is 1. The Morgan fingerprint density at radius 1 is 1.18 bits per heavy atom. The summed E-state index contributed by atoms with van der Waals surface area (Å²) in [6.07, 6.45) is 0.934. The van der Waals surface area contributed by atoms with Crippen molar-refractivity contribution in [3.8, 4) is 22.5 Å². The fraction of sp³-hybridized carbons (Fsp3) is 0.208. The first-order valence-electron chi connectivity index (χ1n) is 10.5. The maximum atomic E-state index is 14.8. The Morgan fingerprint density at radius 3 is 2.68 bits per heavy atom. The van der Waals surface area contributed by atoms with Crippen molar-refractivity contribution in [3.63, 3.8) is 0 Å². The van der Waals surface area contributed by atoms with E-state index < -0.39 is 22.4 Å². The van der Waals surface area contributed by atoms with E-state index in [4.69, 9.17) is 4.74 Å². The molecule has 34 heavy (non-hydrogen) atoms. The third-order valence-corrected chi connectivity index (χ3v) is 4.91. The third kappa shape index (κ3) is 5.01.